The molecular weight excluding hydrogens is 368 g/mol. The van der Waals surface area contributed by atoms with Gasteiger partial charge in [0.15, 0.2) is 0 Å². The smallest absolute Gasteiger partial charge is 0.269 e. The predicted molar refractivity (Wildman–Crippen MR) is 109 cm³/mol. The molecule has 148 valence electrons. The Morgan fingerprint density at radius 1 is 1.10 bits per heavy atom. The molecule has 1 aliphatic rings. The maximum absolute atomic E-state index is 13.1. The van der Waals surface area contributed by atoms with E-state index in [2.05, 4.69) is 34.5 Å². The van der Waals surface area contributed by atoms with E-state index in [0.29, 0.717) is 22.7 Å². The summed E-state index contributed by atoms with van der Waals surface area (Å²) in [5.74, 6) is 0.533. The van der Waals surface area contributed by atoms with E-state index in [1.54, 1.807) is 12.1 Å². The first-order chi connectivity index (χ1) is 14.1. The van der Waals surface area contributed by atoms with Crippen LogP contribution in [-0.2, 0) is 6.42 Å². The monoisotopic (exact) mass is 390 g/mol. The van der Waals surface area contributed by atoms with Crippen LogP contribution in [-0.4, -0.2) is 39.0 Å². The summed E-state index contributed by atoms with van der Waals surface area (Å²) in [6.07, 6.45) is 4.54. The largest absolute Gasteiger partial charge is 0.339 e. The number of carbonyl (C=O) groups excluding carboxylic acids is 1. The van der Waals surface area contributed by atoms with Crippen molar-refractivity contribution in [2.45, 2.75) is 19.3 Å². The summed E-state index contributed by atoms with van der Waals surface area (Å²) in [5.41, 5.74) is 3.15. The van der Waals surface area contributed by atoms with Crippen molar-refractivity contribution < 1.29 is 9.72 Å². The molecule has 0 unspecified atom stereocenters. The van der Waals surface area contributed by atoms with Gasteiger partial charge in [-0.05, 0) is 42.9 Å². The number of aromatic nitrogens is 2. The number of amides is 1. The van der Waals surface area contributed by atoms with Gasteiger partial charge in [-0.25, -0.2) is 0 Å². The molecule has 1 saturated heterocycles. The van der Waals surface area contributed by atoms with Crippen molar-refractivity contribution in [1.29, 1.82) is 0 Å². The molecule has 1 N–H and O–H groups in total. The van der Waals surface area contributed by atoms with E-state index < -0.39 is 4.92 Å². The molecule has 0 aliphatic carbocycles. The number of nitro groups is 1. The second-order valence-corrected chi connectivity index (χ2v) is 7.39. The zero-order chi connectivity index (χ0) is 20.2. The molecule has 3 aromatic rings. The minimum Gasteiger partial charge on any atom is -0.339 e. The summed E-state index contributed by atoms with van der Waals surface area (Å²) < 4.78 is 0. The van der Waals surface area contributed by atoms with Crippen molar-refractivity contribution in [2.24, 2.45) is 5.92 Å². The van der Waals surface area contributed by atoms with Crippen LogP contribution >= 0.6 is 0 Å². The molecular formula is C22H22N4O3. The molecule has 0 atom stereocenters. The van der Waals surface area contributed by atoms with Gasteiger partial charge in [-0.3, -0.25) is 20.0 Å². The van der Waals surface area contributed by atoms with Gasteiger partial charge in [-0.1, -0.05) is 30.3 Å². The number of benzene rings is 2. The highest BCUT2D eigenvalue weighted by atomic mass is 16.6. The predicted octanol–water partition coefficient (Wildman–Crippen LogP) is 4.08. The lowest BCUT2D eigenvalue weighted by molar-refractivity contribution is -0.384. The van der Waals surface area contributed by atoms with Crippen LogP contribution in [0.3, 0.4) is 0 Å². The summed E-state index contributed by atoms with van der Waals surface area (Å²) >= 11 is 0. The van der Waals surface area contributed by atoms with Gasteiger partial charge in [0.05, 0.1) is 22.4 Å². The van der Waals surface area contributed by atoms with Gasteiger partial charge >= 0.3 is 0 Å². The molecule has 4 rings (SSSR count). The van der Waals surface area contributed by atoms with E-state index in [1.165, 1.54) is 23.9 Å². The van der Waals surface area contributed by atoms with Gasteiger partial charge in [0, 0.05) is 30.8 Å². The zero-order valence-corrected chi connectivity index (χ0v) is 16.0. The quantitative estimate of drug-likeness (QED) is 0.525. The van der Waals surface area contributed by atoms with Gasteiger partial charge in [-0.15, -0.1) is 0 Å². The van der Waals surface area contributed by atoms with Crippen LogP contribution in [0.1, 0.15) is 28.8 Å². The topological polar surface area (TPSA) is 92.1 Å². The lowest BCUT2D eigenvalue weighted by Gasteiger charge is -2.32. The van der Waals surface area contributed by atoms with Crippen LogP contribution in [0.2, 0.25) is 0 Å². The van der Waals surface area contributed by atoms with Crippen LogP contribution in [0, 0.1) is 16.0 Å². The average molecular weight is 390 g/mol. The number of hydrogen-bond acceptors (Lipinski definition) is 4. The molecule has 1 aromatic heterocycles. The highest BCUT2D eigenvalue weighted by Crippen LogP contribution is 2.27. The fraction of sp³-hybridized carbons (Fsp3) is 0.273. The standard InChI is InChI=1S/C22H22N4O3/c27-22(25-12-10-17(11-13-25)14-16-4-2-1-3-5-16)20-15-23-24-21(20)18-6-8-19(9-7-18)26(28)29/h1-9,15,17H,10-14H2,(H,23,24). The number of nitrogens with zero attached hydrogens (tertiary/aromatic N) is 3. The number of likely N-dealkylation sites (tertiary alicyclic amines) is 1. The lowest BCUT2D eigenvalue weighted by atomic mass is 9.90. The molecule has 7 nitrogen and oxygen atoms in total. The third kappa shape index (κ3) is 4.18. The summed E-state index contributed by atoms with van der Waals surface area (Å²) in [4.78, 5) is 25.3. The zero-order valence-electron chi connectivity index (χ0n) is 16.0. The second kappa shape index (κ2) is 8.26. The number of rotatable bonds is 5. The first-order valence-electron chi connectivity index (χ1n) is 9.73. The summed E-state index contributed by atoms with van der Waals surface area (Å²) in [7, 11) is 0. The molecule has 29 heavy (non-hydrogen) atoms. The van der Waals surface area contributed by atoms with E-state index in [-0.39, 0.29) is 11.6 Å². The van der Waals surface area contributed by atoms with Gasteiger partial charge in [0.2, 0.25) is 0 Å². The van der Waals surface area contributed by atoms with Crippen LogP contribution < -0.4 is 0 Å². The van der Waals surface area contributed by atoms with Gasteiger partial charge in [0.1, 0.15) is 0 Å². The van der Waals surface area contributed by atoms with E-state index in [1.807, 2.05) is 11.0 Å². The minimum atomic E-state index is -0.442. The van der Waals surface area contributed by atoms with Crippen molar-refractivity contribution in [3.8, 4) is 11.3 Å². The molecule has 0 bridgehead atoms. The van der Waals surface area contributed by atoms with Crippen molar-refractivity contribution >= 4 is 11.6 Å². The van der Waals surface area contributed by atoms with E-state index in [4.69, 9.17) is 0 Å². The maximum atomic E-state index is 13.1. The number of nitro benzene ring substituents is 1. The summed E-state index contributed by atoms with van der Waals surface area (Å²) in [5, 5.41) is 17.7. The Morgan fingerprint density at radius 3 is 2.45 bits per heavy atom. The molecule has 2 heterocycles. The molecule has 7 heteroatoms. The van der Waals surface area contributed by atoms with Crippen LogP contribution in [0.15, 0.2) is 60.8 Å². The summed E-state index contributed by atoms with van der Waals surface area (Å²) in [6.45, 7) is 1.45. The lowest BCUT2D eigenvalue weighted by Crippen LogP contribution is -2.39. The molecule has 2 aromatic carbocycles. The number of non-ortho nitro benzene ring substituents is 1. The number of aromatic amines is 1. The van der Waals surface area contributed by atoms with E-state index in [0.717, 1.165) is 32.4 Å². The molecule has 1 amide bonds. The molecule has 0 radical (unpaired) electrons. The Balaban J connectivity index is 1.42. The minimum absolute atomic E-state index is 0.0154. The maximum Gasteiger partial charge on any atom is 0.269 e. The van der Waals surface area contributed by atoms with Crippen LogP contribution in [0.25, 0.3) is 11.3 Å². The van der Waals surface area contributed by atoms with Gasteiger partial charge in [-0.2, -0.15) is 5.10 Å². The second-order valence-electron chi connectivity index (χ2n) is 7.39. The average Bonchev–Trinajstić information content (AvgIpc) is 3.24. The van der Waals surface area contributed by atoms with E-state index >= 15 is 0 Å². The van der Waals surface area contributed by atoms with Gasteiger partial charge < -0.3 is 4.90 Å². The summed E-state index contributed by atoms with van der Waals surface area (Å²) in [6, 6.07) is 16.6. The Bertz CT molecular complexity index is 990. The molecule has 1 aliphatic heterocycles. The normalized spacial score (nSPS) is 14.7. The van der Waals surface area contributed by atoms with Crippen molar-refractivity contribution in [3.05, 3.63) is 82.0 Å². The van der Waals surface area contributed by atoms with Crippen molar-refractivity contribution in [2.75, 3.05) is 13.1 Å². The fourth-order valence-corrected chi connectivity index (χ4v) is 3.88. The van der Waals surface area contributed by atoms with Crippen molar-refractivity contribution in [3.63, 3.8) is 0 Å². The third-order valence-corrected chi connectivity index (χ3v) is 5.51. The van der Waals surface area contributed by atoms with Gasteiger partial charge in [0.25, 0.3) is 11.6 Å². The Labute approximate surface area is 168 Å². The third-order valence-electron chi connectivity index (χ3n) is 5.51. The number of carbonyl (C=O) groups is 1. The highest BCUT2D eigenvalue weighted by molar-refractivity contribution is 5.99. The Morgan fingerprint density at radius 2 is 1.79 bits per heavy atom. The van der Waals surface area contributed by atoms with Crippen LogP contribution in [0.5, 0.6) is 0 Å². The number of hydrogen-bond donors (Lipinski definition) is 1. The molecule has 0 spiro atoms. The molecule has 1 fully saturated rings. The highest BCUT2D eigenvalue weighted by Gasteiger charge is 2.26. The number of nitrogens with one attached hydrogen (secondary N) is 1. The Hall–Kier alpha value is -3.48. The number of piperidine rings is 1. The first kappa shape index (κ1) is 18.9. The molecule has 0 saturated carbocycles. The fourth-order valence-electron chi connectivity index (χ4n) is 3.88. The van der Waals surface area contributed by atoms with Crippen molar-refractivity contribution in [1.82, 2.24) is 15.1 Å². The SMILES string of the molecule is O=C(c1cn[nH]c1-c1ccc([N+](=O)[O-])cc1)N1CCC(Cc2ccccc2)CC1. The first-order valence-corrected chi connectivity index (χ1v) is 9.73. The Kier molecular flexibility index (Phi) is 5.37. The van der Waals surface area contributed by atoms with E-state index in [9.17, 15) is 14.9 Å². The number of H-pyrrole nitrogens is 1. The van der Waals surface area contributed by atoms with Crippen LogP contribution in [0.4, 0.5) is 5.69 Å².